The van der Waals surface area contributed by atoms with E-state index in [0.717, 1.165) is 10.9 Å². The number of fused-ring (bicyclic) bond motifs is 1. The van der Waals surface area contributed by atoms with Gasteiger partial charge < -0.3 is 10.7 Å². The molecular formula is C11H11ClN2O. The number of rotatable bonds is 2. The number of aromatic amines is 1. The van der Waals surface area contributed by atoms with Gasteiger partial charge in [-0.25, -0.2) is 0 Å². The highest BCUT2D eigenvalue weighted by Crippen LogP contribution is 2.23. The van der Waals surface area contributed by atoms with Crippen LogP contribution < -0.4 is 5.73 Å². The van der Waals surface area contributed by atoms with Gasteiger partial charge in [0.25, 0.3) is 0 Å². The summed E-state index contributed by atoms with van der Waals surface area (Å²) in [5, 5.41) is 1.44. The molecule has 4 heteroatoms. The second-order valence-electron chi connectivity index (χ2n) is 3.55. The third-order valence-corrected chi connectivity index (χ3v) is 2.56. The van der Waals surface area contributed by atoms with Crippen LogP contribution in [0.4, 0.5) is 0 Å². The summed E-state index contributed by atoms with van der Waals surface area (Å²) in [6.45, 7) is 1.67. The number of Topliss-reactive ketones (excluding diaryl/α,β-unsaturated/α-hetero) is 1. The number of halogens is 1. The maximum atomic E-state index is 11.7. The lowest BCUT2D eigenvalue weighted by Crippen LogP contribution is -2.26. The molecule has 3 N–H and O–H groups in total. The lowest BCUT2D eigenvalue weighted by atomic mass is 10.1. The van der Waals surface area contributed by atoms with Gasteiger partial charge in [0.2, 0.25) is 0 Å². The predicted molar refractivity (Wildman–Crippen MR) is 61.3 cm³/mol. The van der Waals surface area contributed by atoms with Gasteiger partial charge >= 0.3 is 0 Å². The molecule has 3 nitrogen and oxygen atoms in total. The zero-order valence-electron chi connectivity index (χ0n) is 8.25. The van der Waals surface area contributed by atoms with E-state index in [4.69, 9.17) is 17.3 Å². The SMILES string of the molecule is CC(N)C(=O)c1c[nH]c2ccc(Cl)cc12. The highest BCUT2D eigenvalue weighted by atomic mass is 35.5. The van der Waals surface area contributed by atoms with Crippen LogP contribution in [0.15, 0.2) is 24.4 Å². The number of hydrogen-bond acceptors (Lipinski definition) is 2. The van der Waals surface area contributed by atoms with Crippen LogP contribution in [0.3, 0.4) is 0 Å². The molecular weight excluding hydrogens is 212 g/mol. The van der Waals surface area contributed by atoms with Crippen LogP contribution in [0.1, 0.15) is 17.3 Å². The Labute approximate surface area is 92.2 Å². The molecule has 1 heterocycles. The molecule has 0 fully saturated rings. The summed E-state index contributed by atoms with van der Waals surface area (Å²) >= 11 is 5.88. The van der Waals surface area contributed by atoms with Crippen LogP contribution in [0.2, 0.25) is 5.02 Å². The largest absolute Gasteiger partial charge is 0.360 e. The summed E-state index contributed by atoms with van der Waals surface area (Å²) in [6, 6.07) is 4.89. The van der Waals surface area contributed by atoms with E-state index in [9.17, 15) is 4.79 Å². The Morgan fingerprint density at radius 3 is 2.93 bits per heavy atom. The zero-order chi connectivity index (χ0) is 11.0. The van der Waals surface area contributed by atoms with Gasteiger partial charge in [-0.1, -0.05) is 11.6 Å². The fraction of sp³-hybridized carbons (Fsp3) is 0.182. The predicted octanol–water partition coefficient (Wildman–Crippen LogP) is 2.35. The summed E-state index contributed by atoms with van der Waals surface area (Å²) in [5.41, 5.74) is 7.05. The molecule has 0 radical (unpaired) electrons. The van der Waals surface area contributed by atoms with Crippen molar-refractivity contribution in [3.8, 4) is 0 Å². The number of nitrogens with two attached hydrogens (primary N) is 1. The van der Waals surface area contributed by atoms with Gasteiger partial charge in [0, 0.05) is 27.7 Å². The van der Waals surface area contributed by atoms with Crippen LogP contribution in [0, 0.1) is 0 Å². The monoisotopic (exact) mass is 222 g/mol. The van der Waals surface area contributed by atoms with E-state index in [2.05, 4.69) is 4.98 Å². The molecule has 0 aliphatic rings. The normalized spacial score (nSPS) is 13.0. The van der Waals surface area contributed by atoms with Crippen molar-refractivity contribution in [2.75, 3.05) is 0 Å². The van der Waals surface area contributed by atoms with Gasteiger partial charge in [0.15, 0.2) is 5.78 Å². The number of H-pyrrole nitrogens is 1. The maximum absolute atomic E-state index is 11.7. The first-order valence-corrected chi connectivity index (χ1v) is 5.04. The third-order valence-electron chi connectivity index (χ3n) is 2.32. The van der Waals surface area contributed by atoms with E-state index < -0.39 is 6.04 Å². The summed E-state index contributed by atoms with van der Waals surface area (Å²) in [7, 11) is 0. The average molecular weight is 223 g/mol. The Morgan fingerprint density at radius 1 is 1.53 bits per heavy atom. The van der Waals surface area contributed by atoms with Gasteiger partial charge in [-0.05, 0) is 25.1 Å². The lowest BCUT2D eigenvalue weighted by molar-refractivity contribution is 0.0969. The van der Waals surface area contributed by atoms with Crippen molar-refractivity contribution < 1.29 is 4.79 Å². The highest BCUT2D eigenvalue weighted by Gasteiger charge is 2.15. The topological polar surface area (TPSA) is 58.9 Å². The number of carbonyl (C=O) groups is 1. The summed E-state index contributed by atoms with van der Waals surface area (Å²) < 4.78 is 0. The molecule has 0 spiro atoms. The van der Waals surface area contributed by atoms with Crippen LogP contribution in [-0.2, 0) is 0 Å². The van der Waals surface area contributed by atoms with Crippen molar-refractivity contribution in [1.82, 2.24) is 4.98 Å². The Bertz CT molecular complexity index is 516. The molecule has 1 aromatic carbocycles. The second-order valence-corrected chi connectivity index (χ2v) is 3.98. The number of aromatic nitrogens is 1. The lowest BCUT2D eigenvalue weighted by Gasteiger charge is -2.02. The Morgan fingerprint density at radius 2 is 2.27 bits per heavy atom. The minimum Gasteiger partial charge on any atom is -0.360 e. The molecule has 0 amide bonds. The number of carbonyl (C=O) groups excluding carboxylic acids is 1. The molecule has 2 aromatic rings. The summed E-state index contributed by atoms with van der Waals surface area (Å²) in [6.07, 6.45) is 1.67. The van der Waals surface area contributed by atoms with Crippen molar-refractivity contribution in [3.63, 3.8) is 0 Å². The first-order chi connectivity index (χ1) is 7.09. The van der Waals surface area contributed by atoms with E-state index in [1.807, 2.05) is 6.07 Å². The summed E-state index contributed by atoms with van der Waals surface area (Å²) in [5.74, 6) is -0.0801. The molecule has 15 heavy (non-hydrogen) atoms. The van der Waals surface area contributed by atoms with E-state index in [1.54, 1.807) is 25.3 Å². The van der Waals surface area contributed by atoms with Gasteiger partial charge in [-0.15, -0.1) is 0 Å². The van der Waals surface area contributed by atoms with Gasteiger partial charge in [-0.2, -0.15) is 0 Å². The van der Waals surface area contributed by atoms with Crippen LogP contribution in [0.5, 0.6) is 0 Å². The molecule has 0 aliphatic heterocycles. The minimum absolute atomic E-state index is 0.0801. The van der Waals surface area contributed by atoms with Crippen molar-refractivity contribution in [2.45, 2.75) is 13.0 Å². The van der Waals surface area contributed by atoms with E-state index in [1.165, 1.54) is 0 Å². The van der Waals surface area contributed by atoms with Crippen molar-refractivity contribution >= 4 is 28.3 Å². The molecule has 0 aliphatic carbocycles. The molecule has 78 valence electrons. The second kappa shape index (κ2) is 3.68. The molecule has 0 saturated carbocycles. The smallest absolute Gasteiger partial charge is 0.181 e. The molecule has 2 rings (SSSR count). The van der Waals surface area contributed by atoms with Gasteiger partial charge in [0.1, 0.15) is 0 Å². The quantitative estimate of drug-likeness (QED) is 0.767. The summed E-state index contributed by atoms with van der Waals surface area (Å²) in [4.78, 5) is 14.8. The third kappa shape index (κ3) is 1.76. The van der Waals surface area contributed by atoms with E-state index in [0.29, 0.717) is 10.6 Å². The Hall–Kier alpha value is -1.32. The average Bonchev–Trinajstić information content (AvgIpc) is 2.59. The van der Waals surface area contributed by atoms with Crippen LogP contribution in [0.25, 0.3) is 10.9 Å². The number of ketones is 1. The molecule has 1 atom stereocenters. The minimum atomic E-state index is -0.497. The number of hydrogen-bond donors (Lipinski definition) is 2. The Kier molecular flexibility index (Phi) is 2.50. The van der Waals surface area contributed by atoms with Gasteiger partial charge in [0.05, 0.1) is 6.04 Å². The molecule has 0 saturated heterocycles. The first-order valence-electron chi connectivity index (χ1n) is 4.66. The van der Waals surface area contributed by atoms with Crippen molar-refractivity contribution in [3.05, 3.63) is 35.0 Å². The molecule has 0 bridgehead atoms. The maximum Gasteiger partial charge on any atom is 0.181 e. The Balaban J connectivity index is 2.62. The number of nitrogens with one attached hydrogen (secondary N) is 1. The van der Waals surface area contributed by atoms with E-state index in [-0.39, 0.29) is 5.78 Å². The van der Waals surface area contributed by atoms with E-state index >= 15 is 0 Å². The fourth-order valence-corrected chi connectivity index (χ4v) is 1.71. The van der Waals surface area contributed by atoms with Crippen LogP contribution >= 0.6 is 11.6 Å². The van der Waals surface area contributed by atoms with Crippen molar-refractivity contribution in [1.29, 1.82) is 0 Å². The zero-order valence-corrected chi connectivity index (χ0v) is 9.01. The fourth-order valence-electron chi connectivity index (χ4n) is 1.54. The highest BCUT2D eigenvalue weighted by molar-refractivity contribution is 6.31. The molecule has 1 unspecified atom stereocenters. The van der Waals surface area contributed by atoms with Crippen molar-refractivity contribution in [2.24, 2.45) is 5.73 Å². The number of benzene rings is 1. The van der Waals surface area contributed by atoms with Gasteiger partial charge in [-0.3, -0.25) is 4.79 Å². The molecule has 1 aromatic heterocycles. The first kappa shape index (κ1) is 10.2. The van der Waals surface area contributed by atoms with Crippen LogP contribution in [-0.4, -0.2) is 16.8 Å². The standard InChI is InChI=1S/C11H11ClN2O/c1-6(13)11(15)9-5-14-10-3-2-7(12)4-8(9)10/h2-6,14H,13H2,1H3.